The highest BCUT2D eigenvalue weighted by molar-refractivity contribution is 9.10. The van der Waals surface area contributed by atoms with E-state index >= 15 is 0 Å². The Morgan fingerprint density at radius 1 is 1.50 bits per heavy atom. The van der Waals surface area contributed by atoms with E-state index in [0.29, 0.717) is 15.9 Å². The molecular formula is C10H9BrFN3O. The van der Waals surface area contributed by atoms with E-state index in [-0.39, 0.29) is 5.82 Å². The van der Waals surface area contributed by atoms with Gasteiger partial charge >= 0.3 is 0 Å². The number of hydrogen-bond acceptors (Lipinski definition) is 3. The van der Waals surface area contributed by atoms with Crippen molar-refractivity contribution >= 4 is 15.9 Å². The SMILES string of the molecule is CC(O)c1cn(-c2cc(F)ccc2Br)nn1. The fraction of sp³-hybridized carbons (Fsp3) is 0.200. The van der Waals surface area contributed by atoms with Gasteiger partial charge in [0.1, 0.15) is 11.5 Å². The Morgan fingerprint density at radius 2 is 2.25 bits per heavy atom. The average Bonchev–Trinajstić information content (AvgIpc) is 2.70. The number of aromatic nitrogens is 3. The summed E-state index contributed by atoms with van der Waals surface area (Å²) in [6.07, 6.45) is 0.866. The third-order valence-electron chi connectivity index (χ3n) is 2.09. The maximum absolute atomic E-state index is 13.1. The molecule has 0 fully saturated rings. The van der Waals surface area contributed by atoms with Crippen molar-refractivity contribution < 1.29 is 9.50 Å². The van der Waals surface area contributed by atoms with Gasteiger partial charge in [-0.1, -0.05) is 5.21 Å². The minimum absolute atomic E-state index is 0.354. The van der Waals surface area contributed by atoms with E-state index in [2.05, 4.69) is 26.2 Å². The summed E-state index contributed by atoms with van der Waals surface area (Å²) in [6, 6.07) is 4.28. The van der Waals surface area contributed by atoms with Crippen molar-refractivity contribution in [1.29, 1.82) is 0 Å². The quantitative estimate of drug-likeness (QED) is 0.921. The zero-order chi connectivity index (χ0) is 11.7. The summed E-state index contributed by atoms with van der Waals surface area (Å²) in [7, 11) is 0. The van der Waals surface area contributed by atoms with Crippen LogP contribution in [-0.2, 0) is 0 Å². The normalized spacial score (nSPS) is 12.8. The molecule has 0 radical (unpaired) electrons. The Morgan fingerprint density at radius 3 is 2.88 bits per heavy atom. The lowest BCUT2D eigenvalue weighted by Crippen LogP contribution is -1.97. The summed E-state index contributed by atoms with van der Waals surface area (Å²) in [4.78, 5) is 0. The van der Waals surface area contributed by atoms with Gasteiger partial charge in [0.05, 0.1) is 18.0 Å². The van der Waals surface area contributed by atoms with Crippen molar-refractivity contribution in [2.24, 2.45) is 0 Å². The van der Waals surface area contributed by atoms with Crippen LogP contribution < -0.4 is 0 Å². The fourth-order valence-corrected chi connectivity index (χ4v) is 1.68. The Hall–Kier alpha value is -1.27. The first-order chi connectivity index (χ1) is 7.58. The van der Waals surface area contributed by atoms with Crippen molar-refractivity contribution in [2.75, 3.05) is 0 Å². The Bertz CT molecular complexity index is 513. The molecule has 84 valence electrons. The van der Waals surface area contributed by atoms with Crippen molar-refractivity contribution in [3.8, 4) is 5.69 Å². The molecule has 0 bridgehead atoms. The molecule has 1 heterocycles. The second-order valence-electron chi connectivity index (χ2n) is 3.36. The summed E-state index contributed by atoms with van der Waals surface area (Å²) in [6.45, 7) is 1.59. The molecule has 0 aliphatic rings. The first kappa shape index (κ1) is 11.2. The number of aliphatic hydroxyl groups excluding tert-OH is 1. The predicted molar refractivity (Wildman–Crippen MR) is 59.7 cm³/mol. The summed E-state index contributed by atoms with van der Waals surface area (Å²) < 4.78 is 15.2. The lowest BCUT2D eigenvalue weighted by Gasteiger charge is -2.03. The molecule has 1 aromatic carbocycles. The third-order valence-corrected chi connectivity index (χ3v) is 2.76. The van der Waals surface area contributed by atoms with Gasteiger partial charge in [0.2, 0.25) is 0 Å². The lowest BCUT2D eigenvalue weighted by atomic mass is 10.3. The van der Waals surface area contributed by atoms with Gasteiger partial charge in [0.15, 0.2) is 0 Å². The standard InChI is InChI=1S/C10H9BrFN3O/c1-6(16)9-5-15(14-13-9)10-4-7(12)2-3-8(10)11/h2-6,16H,1H3. The summed E-state index contributed by atoms with van der Waals surface area (Å²) >= 11 is 3.30. The molecule has 16 heavy (non-hydrogen) atoms. The van der Waals surface area contributed by atoms with E-state index in [1.807, 2.05) is 0 Å². The van der Waals surface area contributed by atoms with Crippen LogP contribution >= 0.6 is 15.9 Å². The van der Waals surface area contributed by atoms with Gasteiger partial charge in [-0.05, 0) is 35.0 Å². The van der Waals surface area contributed by atoms with E-state index < -0.39 is 6.10 Å². The zero-order valence-corrected chi connectivity index (χ0v) is 10.0. The van der Waals surface area contributed by atoms with E-state index in [1.54, 1.807) is 19.2 Å². The van der Waals surface area contributed by atoms with Crippen LogP contribution in [0.1, 0.15) is 18.7 Å². The molecule has 0 saturated carbocycles. The first-order valence-corrected chi connectivity index (χ1v) is 5.43. The summed E-state index contributed by atoms with van der Waals surface area (Å²) in [5.74, 6) is -0.354. The Labute approximate surface area is 99.8 Å². The average molecular weight is 286 g/mol. The number of halogens is 2. The summed E-state index contributed by atoms with van der Waals surface area (Å²) in [5.41, 5.74) is 0.982. The molecule has 0 spiro atoms. The van der Waals surface area contributed by atoms with Gasteiger partial charge in [-0.3, -0.25) is 0 Å². The number of hydrogen-bond donors (Lipinski definition) is 1. The molecule has 4 nitrogen and oxygen atoms in total. The Balaban J connectivity index is 2.46. The largest absolute Gasteiger partial charge is 0.387 e. The molecule has 2 aromatic rings. The third kappa shape index (κ3) is 2.12. The number of rotatable bonds is 2. The highest BCUT2D eigenvalue weighted by Gasteiger charge is 2.10. The molecule has 1 atom stereocenters. The van der Waals surface area contributed by atoms with Crippen molar-refractivity contribution in [3.63, 3.8) is 0 Å². The van der Waals surface area contributed by atoms with Crippen molar-refractivity contribution in [3.05, 3.63) is 40.4 Å². The molecule has 1 N–H and O–H groups in total. The van der Waals surface area contributed by atoms with Crippen LogP contribution in [0, 0.1) is 5.82 Å². The maximum Gasteiger partial charge on any atom is 0.125 e. The van der Waals surface area contributed by atoms with Crippen LogP contribution in [0.2, 0.25) is 0 Å². The second kappa shape index (κ2) is 4.31. The minimum Gasteiger partial charge on any atom is -0.387 e. The van der Waals surface area contributed by atoms with Gasteiger partial charge < -0.3 is 5.11 Å². The molecular weight excluding hydrogens is 277 g/mol. The van der Waals surface area contributed by atoms with Crippen LogP contribution in [0.5, 0.6) is 0 Å². The Kier molecular flexibility index (Phi) is 3.02. The van der Waals surface area contributed by atoms with Gasteiger partial charge in [-0.25, -0.2) is 9.07 Å². The van der Waals surface area contributed by atoms with Gasteiger partial charge in [-0.15, -0.1) is 5.10 Å². The van der Waals surface area contributed by atoms with E-state index in [0.717, 1.165) is 0 Å². The molecule has 6 heteroatoms. The van der Waals surface area contributed by atoms with Crippen LogP contribution in [0.15, 0.2) is 28.9 Å². The number of aliphatic hydroxyl groups is 1. The molecule has 2 rings (SSSR count). The molecule has 1 unspecified atom stereocenters. The smallest absolute Gasteiger partial charge is 0.125 e. The van der Waals surface area contributed by atoms with E-state index in [1.165, 1.54) is 16.8 Å². The first-order valence-electron chi connectivity index (χ1n) is 4.63. The zero-order valence-electron chi connectivity index (χ0n) is 8.43. The molecule has 1 aromatic heterocycles. The highest BCUT2D eigenvalue weighted by Crippen LogP contribution is 2.22. The van der Waals surface area contributed by atoms with Gasteiger partial charge in [0, 0.05) is 10.5 Å². The predicted octanol–water partition coefficient (Wildman–Crippen LogP) is 2.22. The second-order valence-corrected chi connectivity index (χ2v) is 4.21. The number of benzene rings is 1. The van der Waals surface area contributed by atoms with Crippen molar-refractivity contribution in [1.82, 2.24) is 15.0 Å². The topological polar surface area (TPSA) is 50.9 Å². The van der Waals surface area contributed by atoms with Crippen LogP contribution in [0.25, 0.3) is 5.69 Å². The fourth-order valence-electron chi connectivity index (χ4n) is 1.25. The van der Waals surface area contributed by atoms with Crippen molar-refractivity contribution in [2.45, 2.75) is 13.0 Å². The molecule has 0 saturated heterocycles. The van der Waals surface area contributed by atoms with E-state index in [4.69, 9.17) is 0 Å². The van der Waals surface area contributed by atoms with Gasteiger partial charge in [0.25, 0.3) is 0 Å². The monoisotopic (exact) mass is 285 g/mol. The van der Waals surface area contributed by atoms with Gasteiger partial charge in [-0.2, -0.15) is 0 Å². The molecule has 0 aliphatic heterocycles. The lowest BCUT2D eigenvalue weighted by molar-refractivity contribution is 0.194. The van der Waals surface area contributed by atoms with Crippen LogP contribution in [0.4, 0.5) is 4.39 Å². The summed E-state index contributed by atoms with van der Waals surface area (Å²) in [5, 5.41) is 16.9. The van der Waals surface area contributed by atoms with Crippen LogP contribution in [-0.4, -0.2) is 20.1 Å². The van der Waals surface area contributed by atoms with E-state index in [9.17, 15) is 9.50 Å². The maximum atomic E-state index is 13.1. The van der Waals surface area contributed by atoms with Crippen LogP contribution in [0.3, 0.4) is 0 Å². The molecule has 0 amide bonds. The number of nitrogens with zero attached hydrogens (tertiary/aromatic N) is 3. The molecule has 0 aliphatic carbocycles. The minimum atomic E-state index is -0.693. The highest BCUT2D eigenvalue weighted by atomic mass is 79.9.